The van der Waals surface area contributed by atoms with Crippen molar-refractivity contribution in [1.82, 2.24) is 0 Å². The minimum absolute atomic E-state index is 0.0109. The molecule has 0 heterocycles. The number of aromatic hydroxyl groups is 1. The second-order valence-corrected chi connectivity index (χ2v) is 9.23. The lowest BCUT2D eigenvalue weighted by Gasteiger charge is -2.14. The fourth-order valence-corrected chi connectivity index (χ4v) is 4.95. The monoisotopic (exact) mass is 538 g/mol. The van der Waals surface area contributed by atoms with Gasteiger partial charge in [0, 0.05) is 12.0 Å². The van der Waals surface area contributed by atoms with Crippen LogP contribution in [0.3, 0.4) is 0 Å². The van der Waals surface area contributed by atoms with Crippen LogP contribution in [0.1, 0.15) is 27.0 Å². The number of carbonyl (C=O) groups is 1. The van der Waals surface area contributed by atoms with E-state index in [1.165, 1.54) is 17.7 Å². The third kappa shape index (κ3) is 5.44. The van der Waals surface area contributed by atoms with Gasteiger partial charge in [-0.3, -0.25) is 4.79 Å². The van der Waals surface area contributed by atoms with Gasteiger partial charge in [0.1, 0.15) is 17.3 Å². The summed E-state index contributed by atoms with van der Waals surface area (Å²) in [4.78, 5) is 10.8. The highest BCUT2D eigenvalue weighted by Crippen LogP contribution is 2.39. The first-order valence-electron chi connectivity index (χ1n) is 8.77. The average molecular weight is 540 g/mol. The summed E-state index contributed by atoms with van der Waals surface area (Å²) in [5.74, 6) is 0.709. The second-order valence-electron chi connectivity index (χ2n) is 6.46. The maximum atomic E-state index is 13.9. The number of halogens is 3. The fraction of sp³-hybridized carbons (Fsp3) is 0.136. The van der Waals surface area contributed by atoms with Gasteiger partial charge >= 0.3 is 0 Å². The molecule has 0 aromatic heterocycles. The number of phenols is 1. The number of rotatable bonds is 7. The van der Waals surface area contributed by atoms with Crippen LogP contribution in [0.15, 0.2) is 57.5 Å². The van der Waals surface area contributed by atoms with Gasteiger partial charge in [-0.05, 0) is 98.3 Å². The summed E-state index contributed by atoms with van der Waals surface area (Å²) in [6, 6.07) is 13.4. The molecule has 0 fully saturated rings. The van der Waals surface area contributed by atoms with Crippen LogP contribution < -0.4 is 4.74 Å². The van der Waals surface area contributed by atoms with Gasteiger partial charge < -0.3 is 9.84 Å². The van der Waals surface area contributed by atoms with Crippen molar-refractivity contribution in [1.29, 1.82) is 0 Å². The summed E-state index contributed by atoms with van der Waals surface area (Å²) in [7, 11) is 0.823. The summed E-state index contributed by atoms with van der Waals surface area (Å²) < 4.78 is 21.6. The Hall–Kier alpha value is -1.75. The van der Waals surface area contributed by atoms with Crippen molar-refractivity contribution in [2.24, 2.45) is 0 Å². The maximum Gasteiger partial charge on any atom is 0.155 e. The third-order valence-corrected chi connectivity index (χ3v) is 6.24. The molecular formula is C22H18Br2FO3P. The van der Waals surface area contributed by atoms with Crippen molar-refractivity contribution in [3.05, 3.63) is 85.5 Å². The van der Waals surface area contributed by atoms with Gasteiger partial charge in [0.15, 0.2) is 12.0 Å². The number of aldehydes is 1. The zero-order chi connectivity index (χ0) is 21.0. The lowest BCUT2D eigenvalue weighted by molar-refractivity contribution is 0.112. The van der Waals surface area contributed by atoms with Crippen LogP contribution in [0.4, 0.5) is 4.39 Å². The standard InChI is InChI=1S/C22H18Br2FO3P/c1-29-12-14-7-18(23)22(19(24)8-14)28-17-4-5-21(27)16(10-17)6-13-2-3-15(11-26)20(25)9-13/h2-5,7-11,27,29H,6,12H2,1H3. The zero-order valence-corrected chi connectivity index (χ0v) is 19.7. The summed E-state index contributed by atoms with van der Waals surface area (Å²) in [6.45, 7) is 2.16. The van der Waals surface area contributed by atoms with E-state index >= 15 is 0 Å². The summed E-state index contributed by atoms with van der Waals surface area (Å²) in [5, 5.41) is 10.2. The van der Waals surface area contributed by atoms with Gasteiger partial charge in [-0.15, -0.1) is 8.58 Å². The normalized spacial score (nSPS) is 11.2. The Bertz CT molecular complexity index is 1030. The number of carbonyl (C=O) groups excluding carboxylic acids is 1. The van der Waals surface area contributed by atoms with E-state index in [4.69, 9.17) is 4.74 Å². The minimum Gasteiger partial charge on any atom is -0.508 e. The van der Waals surface area contributed by atoms with Crippen molar-refractivity contribution in [3.63, 3.8) is 0 Å². The molecule has 0 aliphatic heterocycles. The van der Waals surface area contributed by atoms with Crippen LogP contribution in [0.5, 0.6) is 17.2 Å². The Morgan fingerprint density at radius 2 is 1.79 bits per heavy atom. The molecule has 29 heavy (non-hydrogen) atoms. The molecule has 0 aliphatic rings. The first kappa shape index (κ1) is 21.9. The largest absolute Gasteiger partial charge is 0.508 e. The molecule has 0 spiro atoms. The van der Waals surface area contributed by atoms with Crippen molar-refractivity contribution < 1.29 is 19.0 Å². The molecule has 0 amide bonds. The van der Waals surface area contributed by atoms with Gasteiger partial charge in [0.05, 0.1) is 14.5 Å². The molecule has 0 saturated heterocycles. The molecule has 0 bridgehead atoms. The second kappa shape index (κ2) is 9.84. The summed E-state index contributed by atoms with van der Waals surface area (Å²) >= 11 is 7.12. The quantitative estimate of drug-likeness (QED) is 0.258. The summed E-state index contributed by atoms with van der Waals surface area (Å²) in [6.07, 6.45) is 1.78. The molecule has 3 nitrogen and oxygen atoms in total. The van der Waals surface area contributed by atoms with Gasteiger partial charge in [0.2, 0.25) is 0 Å². The SMILES string of the molecule is CPCc1cc(Br)c(Oc2ccc(O)c(Cc3ccc(C=O)c(F)c3)c2)c(Br)c1. The molecule has 3 rings (SSSR count). The number of hydrogen-bond acceptors (Lipinski definition) is 3. The molecule has 3 aromatic rings. The minimum atomic E-state index is -0.579. The van der Waals surface area contributed by atoms with E-state index < -0.39 is 5.82 Å². The van der Waals surface area contributed by atoms with E-state index in [0.717, 1.165) is 23.7 Å². The van der Waals surface area contributed by atoms with E-state index in [1.807, 2.05) is 12.1 Å². The van der Waals surface area contributed by atoms with Gasteiger partial charge in [-0.1, -0.05) is 6.07 Å². The van der Waals surface area contributed by atoms with E-state index in [0.29, 0.717) is 35.3 Å². The molecule has 0 aliphatic carbocycles. The molecule has 1 atom stereocenters. The summed E-state index contributed by atoms with van der Waals surface area (Å²) in [5.41, 5.74) is 2.46. The van der Waals surface area contributed by atoms with Crippen LogP contribution in [-0.4, -0.2) is 18.1 Å². The molecule has 150 valence electrons. The number of hydrogen-bond donors (Lipinski definition) is 1. The number of benzene rings is 3. The van der Waals surface area contributed by atoms with Gasteiger partial charge in [-0.25, -0.2) is 4.39 Å². The van der Waals surface area contributed by atoms with Crippen molar-refractivity contribution in [2.45, 2.75) is 12.6 Å². The van der Waals surface area contributed by atoms with E-state index in [9.17, 15) is 14.3 Å². The molecular weight excluding hydrogens is 522 g/mol. The van der Waals surface area contributed by atoms with E-state index in [1.54, 1.807) is 24.3 Å². The Kier molecular flexibility index (Phi) is 7.44. The van der Waals surface area contributed by atoms with Gasteiger partial charge in [0.25, 0.3) is 0 Å². The van der Waals surface area contributed by atoms with Crippen LogP contribution in [-0.2, 0) is 12.6 Å². The maximum absolute atomic E-state index is 13.9. The van der Waals surface area contributed by atoms with Crippen molar-refractivity contribution in [2.75, 3.05) is 6.66 Å². The predicted molar refractivity (Wildman–Crippen MR) is 123 cm³/mol. The predicted octanol–water partition coefficient (Wildman–Crippen LogP) is 7.06. The van der Waals surface area contributed by atoms with Gasteiger partial charge in [-0.2, -0.15) is 0 Å². The first-order valence-corrected chi connectivity index (χ1v) is 12.1. The average Bonchev–Trinajstić information content (AvgIpc) is 2.67. The molecule has 0 saturated carbocycles. The Labute approximate surface area is 187 Å². The van der Waals surface area contributed by atoms with Crippen LogP contribution in [0.2, 0.25) is 0 Å². The molecule has 0 radical (unpaired) electrons. The highest BCUT2D eigenvalue weighted by Gasteiger charge is 2.13. The molecule has 7 heteroatoms. The fourth-order valence-electron chi connectivity index (χ4n) is 2.90. The zero-order valence-electron chi connectivity index (χ0n) is 15.5. The smallest absolute Gasteiger partial charge is 0.155 e. The highest BCUT2D eigenvalue weighted by molar-refractivity contribution is 9.11. The highest BCUT2D eigenvalue weighted by atomic mass is 79.9. The lowest BCUT2D eigenvalue weighted by Crippen LogP contribution is -1.95. The first-order chi connectivity index (χ1) is 13.9. The van der Waals surface area contributed by atoms with Crippen molar-refractivity contribution >= 4 is 46.7 Å². The molecule has 1 unspecified atom stereocenters. The van der Waals surface area contributed by atoms with Crippen molar-refractivity contribution in [3.8, 4) is 17.2 Å². The number of ether oxygens (including phenoxy) is 1. The van der Waals surface area contributed by atoms with E-state index in [2.05, 4.69) is 38.5 Å². The van der Waals surface area contributed by atoms with Crippen LogP contribution in [0, 0.1) is 5.82 Å². The topological polar surface area (TPSA) is 46.5 Å². The molecule has 1 N–H and O–H groups in total. The Balaban J connectivity index is 1.86. The Morgan fingerprint density at radius 1 is 1.07 bits per heavy atom. The van der Waals surface area contributed by atoms with E-state index in [-0.39, 0.29) is 11.3 Å². The number of phenolic OH excluding ortho intramolecular Hbond substituents is 1. The molecule has 3 aromatic carbocycles. The lowest BCUT2D eigenvalue weighted by atomic mass is 10.0. The van der Waals surface area contributed by atoms with Crippen LogP contribution >= 0.6 is 40.4 Å². The third-order valence-electron chi connectivity index (χ3n) is 4.30. The Morgan fingerprint density at radius 3 is 2.41 bits per heavy atom. The van der Waals surface area contributed by atoms with Crippen LogP contribution in [0.25, 0.3) is 0 Å².